The summed E-state index contributed by atoms with van der Waals surface area (Å²) in [5, 5.41) is 2.82. The van der Waals surface area contributed by atoms with Crippen LogP contribution in [0.3, 0.4) is 0 Å². The lowest BCUT2D eigenvalue weighted by Gasteiger charge is -2.26. The van der Waals surface area contributed by atoms with Gasteiger partial charge in [0.2, 0.25) is 5.91 Å². The van der Waals surface area contributed by atoms with Crippen molar-refractivity contribution in [2.75, 3.05) is 20.3 Å². The molecule has 0 atom stereocenters. The van der Waals surface area contributed by atoms with Crippen LogP contribution in [0.25, 0.3) is 0 Å². The fourth-order valence-electron chi connectivity index (χ4n) is 1.58. The maximum absolute atomic E-state index is 11.6. The Kier molecular flexibility index (Phi) is 4.55. The van der Waals surface area contributed by atoms with E-state index >= 15 is 0 Å². The van der Waals surface area contributed by atoms with E-state index in [4.69, 9.17) is 4.74 Å². The monoisotopic (exact) mass is 224 g/mol. The molecule has 0 radical (unpaired) electrons. The highest BCUT2D eigenvalue weighted by Crippen LogP contribution is 2.19. The first-order chi connectivity index (χ1) is 7.56. The van der Waals surface area contributed by atoms with Gasteiger partial charge in [-0.05, 0) is 26.0 Å². The van der Waals surface area contributed by atoms with Gasteiger partial charge >= 0.3 is 0 Å². The van der Waals surface area contributed by atoms with E-state index in [0.717, 1.165) is 0 Å². The fraction of sp³-hybridized carbons (Fsp3) is 0.583. The average molecular weight is 224 g/mol. The van der Waals surface area contributed by atoms with Gasteiger partial charge in [-0.2, -0.15) is 0 Å². The molecule has 4 heteroatoms. The zero-order valence-electron chi connectivity index (χ0n) is 10.2. The highest BCUT2D eigenvalue weighted by Gasteiger charge is 2.22. The van der Waals surface area contributed by atoms with Gasteiger partial charge < -0.3 is 14.6 Å². The lowest BCUT2D eigenvalue weighted by molar-refractivity contribution is -0.122. The van der Waals surface area contributed by atoms with Crippen LogP contribution in [0.2, 0.25) is 0 Å². The molecule has 0 saturated heterocycles. The summed E-state index contributed by atoms with van der Waals surface area (Å²) in [7, 11) is 1.62. The Labute approximate surface area is 96.6 Å². The third kappa shape index (κ3) is 3.70. The van der Waals surface area contributed by atoms with Crippen LogP contribution in [-0.4, -0.2) is 30.7 Å². The van der Waals surface area contributed by atoms with Crippen LogP contribution in [0, 0.1) is 0 Å². The number of carbonyl (C=O) groups is 1. The number of hydrogen-bond donors (Lipinski definition) is 1. The summed E-state index contributed by atoms with van der Waals surface area (Å²) in [6, 6.07) is 3.93. The number of hydrogen-bond acceptors (Lipinski definition) is 2. The molecule has 0 aromatic carbocycles. The quantitative estimate of drug-likeness (QED) is 0.742. The summed E-state index contributed by atoms with van der Waals surface area (Å²) < 4.78 is 6.92. The number of methoxy groups -OCH3 is 1. The third-order valence-corrected chi connectivity index (χ3v) is 2.52. The van der Waals surface area contributed by atoms with E-state index < -0.39 is 0 Å². The molecule has 1 N–H and O–H groups in total. The third-order valence-electron chi connectivity index (χ3n) is 2.52. The van der Waals surface area contributed by atoms with Crippen LogP contribution >= 0.6 is 0 Å². The molecule has 0 aliphatic carbocycles. The van der Waals surface area contributed by atoms with Crippen LogP contribution in [0.5, 0.6) is 0 Å². The molecule has 0 spiro atoms. The van der Waals surface area contributed by atoms with Crippen LogP contribution < -0.4 is 5.32 Å². The van der Waals surface area contributed by atoms with Gasteiger partial charge in [-0.3, -0.25) is 4.79 Å². The van der Waals surface area contributed by atoms with Crippen molar-refractivity contribution in [2.45, 2.75) is 25.8 Å². The topological polar surface area (TPSA) is 43.3 Å². The summed E-state index contributed by atoms with van der Waals surface area (Å²) in [6.07, 6.45) is 4.41. The minimum atomic E-state index is -0.194. The van der Waals surface area contributed by atoms with Gasteiger partial charge in [-0.25, -0.2) is 0 Å². The van der Waals surface area contributed by atoms with E-state index in [1.165, 1.54) is 0 Å². The van der Waals surface area contributed by atoms with E-state index in [-0.39, 0.29) is 11.4 Å². The zero-order chi connectivity index (χ0) is 12.0. The van der Waals surface area contributed by atoms with E-state index in [0.29, 0.717) is 19.6 Å². The summed E-state index contributed by atoms with van der Waals surface area (Å²) >= 11 is 0. The zero-order valence-corrected chi connectivity index (χ0v) is 10.2. The van der Waals surface area contributed by atoms with E-state index in [1.807, 2.05) is 42.9 Å². The van der Waals surface area contributed by atoms with Crippen molar-refractivity contribution in [1.29, 1.82) is 0 Å². The fourth-order valence-corrected chi connectivity index (χ4v) is 1.58. The molecular formula is C12H20N2O2. The predicted octanol–water partition coefficient (Wildman–Crippen LogP) is 1.38. The summed E-state index contributed by atoms with van der Waals surface area (Å²) in [4.78, 5) is 11.6. The normalized spacial score (nSPS) is 11.4. The van der Waals surface area contributed by atoms with Crippen molar-refractivity contribution in [2.24, 2.45) is 0 Å². The number of ether oxygens (including phenoxy) is 1. The lowest BCUT2D eigenvalue weighted by atomic mass is 10.00. The Morgan fingerprint density at radius 1 is 1.38 bits per heavy atom. The molecule has 0 saturated carbocycles. The van der Waals surface area contributed by atoms with Gasteiger partial charge in [0.25, 0.3) is 0 Å². The Morgan fingerprint density at radius 2 is 2.00 bits per heavy atom. The molecule has 1 aromatic rings. The van der Waals surface area contributed by atoms with Crippen molar-refractivity contribution in [3.8, 4) is 0 Å². The second-order valence-electron chi connectivity index (χ2n) is 4.42. The van der Waals surface area contributed by atoms with Gasteiger partial charge in [-0.1, -0.05) is 0 Å². The minimum Gasteiger partial charge on any atom is -0.383 e. The number of nitrogens with zero attached hydrogens (tertiary/aromatic N) is 1. The first-order valence-electron chi connectivity index (χ1n) is 5.45. The molecule has 16 heavy (non-hydrogen) atoms. The molecule has 1 aromatic heterocycles. The Morgan fingerprint density at radius 3 is 2.56 bits per heavy atom. The molecule has 0 unspecified atom stereocenters. The van der Waals surface area contributed by atoms with Gasteiger partial charge in [-0.15, -0.1) is 0 Å². The molecule has 1 rings (SSSR count). The van der Waals surface area contributed by atoms with Gasteiger partial charge in [0.1, 0.15) is 0 Å². The molecule has 0 aliphatic heterocycles. The van der Waals surface area contributed by atoms with Gasteiger partial charge in [0.15, 0.2) is 0 Å². The summed E-state index contributed by atoms with van der Waals surface area (Å²) in [5.41, 5.74) is -0.194. The second-order valence-corrected chi connectivity index (χ2v) is 4.42. The number of rotatable bonds is 6. The van der Waals surface area contributed by atoms with Crippen LogP contribution in [-0.2, 0) is 15.1 Å². The molecule has 0 fully saturated rings. The first-order valence-corrected chi connectivity index (χ1v) is 5.45. The lowest BCUT2D eigenvalue weighted by Crippen LogP contribution is -2.35. The smallest absolute Gasteiger partial charge is 0.222 e. The van der Waals surface area contributed by atoms with Crippen LogP contribution in [0.15, 0.2) is 24.5 Å². The number of amides is 1. The van der Waals surface area contributed by atoms with Crippen molar-refractivity contribution < 1.29 is 9.53 Å². The van der Waals surface area contributed by atoms with E-state index in [1.54, 1.807) is 7.11 Å². The van der Waals surface area contributed by atoms with Crippen LogP contribution in [0.1, 0.15) is 20.3 Å². The van der Waals surface area contributed by atoms with Crippen LogP contribution in [0.4, 0.5) is 0 Å². The summed E-state index contributed by atoms with van der Waals surface area (Å²) in [5.74, 6) is 0.0516. The van der Waals surface area contributed by atoms with Crippen molar-refractivity contribution in [3.63, 3.8) is 0 Å². The number of nitrogens with one attached hydrogen (secondary N) is 1. The first kappa shape index (κ1) is 12.8. The van der Waals surface area contributed by atoms with Crippen molar-refractivity contribution in [1.82, 2.24) is 9.88 Å². The largest absolute Gasteiger partial charge is 0.383 e. The Balaban J connectivity index is 2.43. The summed E-state index contributed by atoms with van der Waals surface area (Å²) in [6.45, 7) is 5.21. The van der Waals surface area contributed by atoms with E-state index in [9.17, 15) is 4.79 Å². The van der Waals surface area contributed by atoms with Gasteiger partial charge in [0, 0.05) is 38.0 Å². The molecular weight excluding hydrogens is 204 g/mol. The average Bonchev–Trinajstić information content (AvgIpc) is 2.70. The molecule has 0 bridgehead atoms. The predicted molar refractivity (Wildman–Crippen MR) is 63.3 cm³/mol. The highest BCUT2D eigenvalue weighted by molar-refractivity contribution is 5.76. The number of carbonyl (C=O) groups excluding carboxylic acids is 1. The Bertz CT molecular complexity index is 318. The molecule has 4 nitrogen and oxygen atoms in total. The molecule has 1 heterocycles. The highest BCUT2D eigenvalue weighted by atomic mass is 16.5. The van der Waals surface area contributed by atoms with E-state index in [2.05, 4.69) is 5.32 Å². The molecule has 90 valence electrons. The SMILES string of the molecule is COCCNC(=O)CC(C)(C)n1cccc1. The molecule has 1 amide bonds. The van der Waals surface area contributed by atoms with Gasteiger partial charge in [0.05, 0.1) is 6.61 Å². The number of aromatic nitrogens is 1. The standard InChI is InChI=1S/C12H20N2O2/c1-12(2,14-7-4-5-8-14)10-11(15)13-6-9-16-3/h4-5,7-8H,6,9-10H2,1-3H3,(H,13,15). The maximum atomic E-state index is 11.6. The Hall–Kier alpha value is -1.29. The van der Waals surface area contributed by atoms with Crippen molar-refractivity contribution in [3.05, 3.63) is 24.5 Å². The molecule has 0 aliphatic rings. The second kappa shape index (κ2) is 5.70. The van der Waals surface area contributed by atoms with Crippen molar-refractivity contribution >= 4 is 5.91 Å². The minimum absolute atomic E-state index is 0.0516. The maximum Gasteiger partial charge on any atom is 0.222 e.